The minimum Gasteiger partial charge on any atom is -0.336 e. The number of imidazole rings is 1. The summed E-state index contributed by atoms with van der Waals surface area (Å²) in [7, 11) is 0. The first-order valence-electron chi connectivity index (χ1n) is 6.18. The number of hydrogen-bond acceptors (Lipinski definition) is 2. The lowest BCUT2D eigenvalue weighted by Crippen LogP contribution is -2.31. The van der Waals surface area contributed by atoms with Crippen molar-refractivity contribution in [3.05, 3.63) is 61.2 Å². The molecule has 0 aliphatic rings. The summed E-state index contributed by atoms with van der Waals surface area (Å²) in [6, 6.07) is 10.7. The molecule has 0 spiro atoms. The Morgan fingerprint density at radius 3 is 2.83 bits per heavy atom. The van der Waals surface area contributed by atoms with Crippen LogP contribution < -0.4 is 5.32 Å². The van der Waals surface area contributed by atoms with Crippen molar-refractivity contribution in [3.63, 3.8) is 0 Å². The summed E-state index contributed by atoms with van der Waals surface area (Å²) in [6.45, 7) is 8.00. The lowest BCUT2D eigenvalue weighted by Gasteiger charge is -2.15. The van der Waals surface area contributed by atoms with Gasteiger partial charge in [0.05, 0.1) is 6.33 Å². The number of hydrogen-bond donors (Lipinski definition) is 1. The lowest BCUT2D eigenvalue weighted by molar-refractivity contribution is 0.501. The number of aromatic nitrogens is 2. The molecule has 1 aromatic heterocycles. The third-order valence-corrected chi connectivity index (χ3v) is 2.89. The zero-order valence-electron chi connectivity index (χ0n) is 10.7. The van der Waals surface area contributed by atoms with Crippen LogP contribution >= 0.6 is 0 Å². The minimum atomic E-state index is 0.389. The van der Waals surface area contributed by atoms with Crippen molar-refractivity contribution in [2.45, 2.75) is 19.5 Å². The fourth-order valence-electron chi connectivity index (χ4n) is 1.85. The molecule has 0 amide bonds. The van der Waals surface area contributed by atoms with Crippen LogP contribution in [0, 0.1) is 0 Å². The van der Waals surface area contributed by atoms with Crippen LogP contribution in [0.2, 0.25) is 0 Å². The predicted molar refractivity (Wildman–Crippen MR) is 75.2 cm³/mol. The maximum Gasteiger partial charge on any atom is 0.0946 e. The van der Waals surface area contributed by atoms with Gasteiger partial charge in [-0.3, -0.25) is 0 Å². The summed E-state index contributed by atoms with van der Waals surface area (Å²) in [5, 5.41) is 3.47. The molecule has 1 N–H and O–H groups in total. The second kappa shape index (κ2) is 6.17. The van der Waals surface area contributed by atoms with Crippen molar-refractivity contribution in [1.29, 1.82) is 0 Å². The van der Waals surface area contributed by atoms with Gasteiger partial charge < -0.3 is 9.88 Å². The number of nitrogens with one attached hydrogen (secondary N) is 1. The molecule has 1 heterocycles. The summed E-state index contributed by atoms with van der Waals surface area (Å²) in [5.74, 6) is 0. The fourth-order valence-corrected chi connectivity index (χ4v) is 1.85. The molecule has 1 unspecified atom stereocenters. The maximum absolute atomic E-state index is 4.11. The van der Waals surface area contributed by atoms with Crippen LogP contribution in [0.5, 0.6) is 0 Å². The molecule has 18 heavy (non-hydrogen) atoms. The predicted octanol–water partition coefficient (Wildman–Crippen LogP) is 2.57. The second-order valence-electron chi connectivity index (χ2n) is 4.51. The van der Waals surface area contributed by atoms with E-state index in [9.17, 15) is 0 Å². The van der Waals surface area contributed by atoms with Gasteiger partial charge in [0.1, 0.15) is 0 Å². The van der Waals surface area contributed by atoms with Gasteiger partial charge in [0.25, 0.3) is 0 Å². The van der Waals surface area contributed by atoms with E-state index in [1.165, 1.54) is 5.56 Å². The Morgan fingerprint density at radius 1 is 1.39 bits per heavy atom. The first-order chi connectivity index (χ1) is 8.75. The standard InChI is InChI=1S/C15H19N3/c1-13(15-6-4-3-5-7-15)10-17-14(2)11-18-9-8-16-12-18/h3-9,12,14,17H,1,10-11H2,2H3. The van der Waals surface area contributed by atoms with Crippen molar-refractivity contribution in [1.82, 2.24) is 14.9 Å². The van der Waals surface area contributed by atoms with Crippen LogP contribution in [-0.4, -0.2) is 22.1 Å². The highest BCUT2D eigenvalue weighted by molar-refractivity contribution is 5.64. The van der Waals surface area contributed by atoms with Crippen molar-refractivity contribution < 1.29 is 0 Å². The van der Waals surface area contributed by atoms with Crippen LogP contribution in [0.1, 0.15) is 12.5 Å². The Hall–Kier alpha value is -1.87. The van der Waals surface area contributed by atoms with Gasteiger partial charge in [-0.05, 0) is 18.1 Å². The third-order valence-electron chi connectivity index (χ3n) is 2.89. The molecule has 0 saturated heterocycles. The first-order valence-corrected chi connectivity index (χ1v) is 6.18. The molecule has 2 aromatic rings. The number of benzene rings is 1. The highest BCUT2D eigenvalue weighted by Gasteiger charge is 2.03. The molecule has 0 radical (unpaired) electrons. The normalized spacial score (nSPS) is 12.3. The van der Waals surface area contributed by atoms with Crippen LogP contribution in [0.25, 0.3) is 5.57 Å². The molecule has 0 aliphatic heterocycles. The topological polar surface area (TPSA) is 29.9 Å². The van der Waals surface area contributed by atoms with Crippen molar-refractivity contribution in [2.24, 2.45) is 0 Å². The average Bonchev–Trinajstić information content (AvgIpc) is 2.90. The molecule has 0 bridgehead atoms. The molecule has 1 atom stereocenters. The Morgan fingerprint density at radius 2 is 2.17 bits per heavy atom. The van der Waals surface area contributed by atoms with Crippen molar-refractivity contribution >= 4 is 5.57 Å². The van der Waals surface area contributed by atoms with Crippen molar-refractivity contribution in [2.75, 3.05) is 6.54 Å². The van der Waals surface area contributed by atoms with E-state index in [0.29, 0.717) is 6.04 Å². The van der Waals surface area contributed by atoms with E-state index in [1.54, 1.807) is 6.20 Å². The van der Waals surface area contributed by atoms with E-state index < -0.39 is 0 Å². The minimum absolute atomic E-state index is 0.389. The van der Waals surface area contributed by atoms with E-state index in [4.69, 9.17) is 0 Å². The van der Waals surface area contributed by atoms with Gasteiger partial charge in [-0.2, -0.15) is 0 Å². The molecular formula is C15H19N3. The summed E-state index contributed by atoms with van der Waals surface area (Å²) < 4.78 is 2.07. The van der Waals surface area contributed by atoms with Gasteiger partial charge in [-0.1, -0.05) is 36.9 Å². The van der Waals surface area contributed by atoms with Gasteiger partial charge in [0, 0.05) is 31.5 Å². The molecule has 2 rings (SSSR count). The van der Waals surface area contributed by atoms with Crippen LogP contribution in [-0.2, 0) is 6.54 Å². The van der Waals surface area contributed by atoms with Crippen LogP contribution in [0.15, 0.2) is 55.6 Å². The smallest absolute Gasteiger partial charge is 0.0946 e. The summed E-state index contributed by atoms with van der Waals surface area (Å²) in [5.41, 5.74) is 2.31. The quantitative estimate of drug-likeness (QED) is 0.842. The van der Waals surface area contributed by atoms with Gasteiger partial charge >= 0.3 is 0 Å². The zero-order valence-corrected chi connectivity index (χ0v) is 10.7. The maximum atomic E-state index is 4.11. The van der Waals surface area contributed by atoms with Gasteiger partial charge in [-0.25, -0.2) is 4.98 Å². The van der Waals surface area contributed by atoms with E-state index in [1.807, 2.05) is 30.7 Å². The molecule has 0 aliphatic carbocycles. The number of rotatable bonds is 6. The molecule has 0 saturated carbocycles. The summed E-state index contributed by atoms with van der Waals surface area (Å²) in [6.07, 6.45) is 5.62. The molecular weight excluding hydrogens is 222 g/mol. The molecule has 3 nitrogen and oxygen atoms in total. The number of nitrogens with zero attached hydrogens (tertiary/aromatic N) is 2. The Kier molecular flexibility index (Phi) is 4.31. The molecule has 1 aromatic carbocycles. The Labute approximate surface area is 108 Å². The average molecular weight is 241 g/mol. The first kappa shape index (κ1) is 12.6. The summed E-state index contributed by atoms with van der Waals surface area (Å²) >= 11 is 0. The monoisotopic (exact) mass is 241 g/mol. The largest absolute Gasteiger partial charge is 0.336 e. The van der Waals surface area contributed by atoms with Gasteiger partial charge in [0.15, 0.2) is 0 Å². The Bertz CT molecular complexity index is 474. The van der Waals surface area contributed by atoms with E-state index in [-0.39, 0.29) is 0 Å². The molecule has 94 valence electrons. The van der Waals surface area contributed by atoms with E-state index >= 15 is 0 Å². The highest BCUT2D eigenvalue weighted by Crippen LogP contribution is 2.10. The molecule has 0 fully saturated rings. The van der Waals surface area contributed by atoms with Crippen molar-refractivity contribution in [3.8, 4) is 0 Å². The highest BCUT2D eigenvalue weighted by atomic mass is 15.1. The van der Waals surface area contributed by atoms with Gasteiger partial charge in [0.2, 0.25) is 0 Å². The molecule has 3 heteroatoms. The third kappa shape index (κ3) is 3.57. The lowest BCUT2D eigenvalue weighted by atomic mass is 10.1. The SMILES string of the molecule is C=C(CNC(C)Cn1ccnc1)c1ccccc1. The fraction of sp³-hybridized carbons (Fsp3) is 0.267. The van der Waals surface area contributed by atoms with E-state index in [0.717, 1.165) is 18.7 Å². The van der Waals surface area contributed by atoms with Gasteiger partial charge in [-0.15, -0.1) is 0 Å². The second-order valence-corrected chi connectivity index (χ2v) is 4.51. The van der Waals surface area contributed by atoms with Crippen LogP contribution in [0.4, 0.5) is 0 Å². The van der Waals surface area contributed by atoms with Crippen LogP contribution in [0.3, 0.4) is 0 Å². The Balaban J connectivity index is 1.79. The summed E-state index contributed by atoms with van der Waals surface area (Å²) in [4.78, 5) is 4.04. The zero-order chi connectivity index (χ0) is 12.8. The van der Waals surface area contributed by atoms with E-state index in [2.05, 4.69) is 40.5 Å².